The van der Waals surface area contributed by atoms with Crippen LogP contribution in [0.15, 0.2) is 0 Å². The van der Waals surface area contributed by atoms with Gasteiger partial charge in [-0.3, -0.25) is 0 Å². The van der Waals surface area contributed by atoms with Crippen molar-refractivity contribution in [3.8, 4) is 0 Å². The highest BCUT2D eigenvalue weighted by molar-refractivity contribution is 7.66. The lowest BCUT2D eigenvalue weighted by atomic mass is 11.9. The summed E-state index contributed by atoms with van der Waals surface area (Å²) in [6, 6.07) is 0. The molecule has 41 heavy (non-hydrogen) atoms. The molecule has 2 aliphatic heterocycles. The summed E-state index contributed by atoms with van der Waals surface area (Å²) >= 11 is 0. The van der Waals surface area contributed by atoms with E-state index in [1.54, 1.807) is 0 Å². The normalized spacial score (nSPS) is 29.0. The van der Waals surface area contributed by atoms with Crippen molar-refractivity contribution < 1.29 is 41.2 Å². The highest BCUT2D eigenvalue weighted by atomic mass is 29.7. The van der Waals surface area contributed by atoms with Crippen LogP contribution in [-0.2, 0) is 41.2 Å². The second-order valence-corrected chi connectivity index (χ2v) is 69.7. The van der Waals surface area contributed by atoms with Crippen LogP contribution in [0.1, 0.15) is 0 Å². The first-order valence-electron chi connectivity index (χ1n) is 14.6. The van der Waals surface area contributed by atoms with Gasteiger partial charge < -0.3 is 41.2 Å². The second kappa shape index (κ2) is 11.6. The highest BCUT2D eigenvalue weighted by Crippen LogP contribution is 2.40. The van der Waals surface area contributed by atoms with E-state index in [4.69, 9.17) is 41.2 Å². The molecule has 2 saturated heterocycles. The molecular weight excluding hydrogens is 709 g/mol. The minimum absolute atomic E-state index is 2.04. The summed E-state index contributed by atoms with van der Waals surface area (Å²) in [6.07, 6.45) is 0. The summed E-state index contributed by atoms with van der Waals surface area (Å²) in [4.78, 5) is 0. The third-order valence-corrected chi connectivity index (χ3v) is 80.9. The Morgan fingerprint density at radius 1 is 0.317 bits per heavy atom. The molecule has 244 valence electrons. The number of rotatable bonds is 6. The molecule has 0 aliphatic carbocycles. The molecular formula is C20H60O10Si11. The maximum atomic E-state index is 7.25. The number of hydrogen-bond acceptors (Lipinski definition) is 10. The largest absolute Gasteiger partial charge is 0.469 e. The van der Waals surface area contributed by atoms with Crippen molar-refractivity contribution in [2.24, 2.45) is 0 Å². The average Bonchev–Trinajstić information content (AvgIpc) is 2.49. The van der Waals surface area contributed by atoms with E-state index in [9.17, 15) is 0 Å². The zero-order chi connectivity index (χ0) is 32.6. The molecule has 0 saturated carbocycles. The molecule has 0 aromatic rings. The van der Waals surface area contributed by atoms with Gasteiger partial charge in [0.2, 0.25) is 0 Å². The minimum Gasteiger partial charge on any atom is -0.420 e. The minimum atomic E-state index is -3.14. The molecule has 0 N–H and O–H groups in total. The van der Waals surface area contributed by atoms with Gasteiger partial charge in [-0.1, -0.05) is 13.1 Å². The van der Waals surface area contributed by atoms with Gasteiger partial charge in [-0.05, 0) is 105 Å². The smallest absolute Gasteiger partial charge is 0.420 e. The number of hydrogen-bond donors (Lipinski definition) is 0. The van der Waals surface area contributed by atoms with E-state index >= 15 is 0 Å². The van der Waals surface area contributed by atoms with Gasteiger partial charge in [-0.2, -0.15) is 0 Å². The maximum Gasteiger partial charge on any atom is 0.469 e. The lowest BCUT2D eigenvalue weighted by Crippen LogP contribution is -2.79. The van der Waals surface area contributed by atoms with Gasteiger partial charge in [-0.15, -0.1) is 0 Å². The van der Waals surface area contributed by atoms with E-state index in [2.05, 4.69) is 118 Å². The predicted molar refractivity (Wildman–Crippen MR) is 191 cm³/mol. The molecule has 2 aliphatic rings. The molecule has 0 aromatic heterocycles. The first-order valence-corrected chi connectivity index (χ1v) is 46.7. The second-order valence-electron chi connectivity index (χ2n) is 15.8. The van der Waals surface area contributed by atoms with Gasteiger partial charge in [0.05, 0.1) is 7.11 Å². The van der Waals surface area contributed by atoms with Crippen molar-refractivity contribution in [3.05, 3.63) is 0 Å². The fourth-order valence-corrected chi connectivity index (χ4v) is 85.0. The van der Waals surface area contributed by atoms with Crippen molar-refractivity contribution >= 4 is 91.8 Å². The Hall–Kier alpha value is 1.99. The van der Waals surface area contributed by atoms with E-state index in [-0.39, 0.29) is 0 Å². The first kappa shape index (κ1) is 39.2. The van der Waals surface area contributed by atoms with Crippen molar-refractivity contribution in [2.75, 3.05) is 0 Å². The molecule has 2 heterocycles. The molecule has 2 rings (SSSR count). The molecule has 0 aromatic carbocycles. The summed E-state index contributed by atoms with van der Waals surface area (Å²) in [6.45, 7) is 43.0. The van der Waals surface area contributed by atoms with Gasteiger partial charge in [0.25, 0.3) is 0 Å². The fourth-order valence-electron chi connectivity index (χ4n) is 6.31. The molecule has 21 heteroatoms. The fraction of sp³-hybridized carbons (Fsp3) is 1.00. The lowest BCUT2D eigenvalue weighted by molar-refractivity contribution is 0.182. The van der Waals surface area contributed by atoms with Crippen molar-refractivity contribution in [3.63, 3.8) is 0 Å². The average molecular weight is 770 g/mol. The van der Waals surface area contributed by atoms with Crippen LogP contribution in [0, 0.1) is 0 Å². The highest BCUT2D eigenvalue weighted by Gasteiger charge is 2.64. The van der Waals surface area contributed by atoms with E-state index in [1.165, 1.54) is 0 Å². The van der Waals surface area contributed by atoms with Gasteiger partial charge in [0.15, 0.2) is 15.7 Å². The van der Waals surface area contributed by atoms with Gasteiger partial charge in [0, 0.05) is 13.1 Å². The van der Waals surface area contributed by atoms with E-state index < -0.39 is 91.8 Å². The Kier molecular flexibility index (Phi) is 11.1. The van der Waals surface area contributed by atoms with Crippen LogP contribution in [0.3, 0.4) is 0 Å². The van der Waals surface area contributed by atoms with E-state index in [0.29, 0.717) is 0 Å². The topological polar surface area (TPSA) is 92.3 Å². The summed E-state index contributed by atoms with van der Waals surface area (Å²) in [7, 11) is -28.5. The van der Waals surface area contributed by atoms with Crippen molar-refractivity contribution in [1.82, 2.24) is 0 Å². The maximum absolute atomic E-state index is 7.25. The lowest BCUT2D eigenvalue weighted by Gasteiger charge is -2.54. The SMILES string of the molecule is C[Si]1(C)O[Si](C)(C)O[Si](C)(O[Si](C)(C)[Si](C)(C)[Si](C)(C)O[Si]2(C)O[Si](C)(C)O[Si](C)(C)O[Si](C)(C)O2)O[Si](C)(C)O1. The van der Waals surface area contributed by atoms with Crippen molar-refractivity contribution in [2.45, 2.75) is 131 Å². The monoisotopic (exact) mass is 768 g/mol. The Morgan fingerprint density at radius 2 is 0.488 bits per heavy atom. The Morgan fingerprint density at radius 3 is 0.683 bits per heavy atom. The molecule has 0 spiro atoms. The van der Waals surface area contributed by atoms with Crippen molar-refractivity contribution in [1.29, 1.82) is 0 Å². The molecule has 0 unspecified atom stereocenters. The summed E-state index contributed by atoms with van der Waals surface area (Å²) in [5.41, 5.74) is 0. The van der Waals surface area contributed by atoms with Crippen LogP contribution in [0.4, 0.5) is 0 Å². The van der Waals surface area contributed by atoms with Crippen LogP contribution in [-0.4, -0.2) is 91.8 Å². The zero-order valence-electron chi connectivity index (χ0n) is 29.6. The van der Waals surface area contributed by atoms with Gasteiger partial charge in [0.1, 0.15) is 0 Å². The Balaban J connectivity index is 2.43. The predicted octanol–water partition coefficient (Wildman–Crippen LogP) is 6.80. The van der Waals surface area contributed by atoms with E-state index in [0.717, 1.165) is 0 Å². The molecule has 10 nitrogen and oxygen atoms in total. The molecule has 0 bridgehead atoms. The van der Waals surface area contributed by atoms with Crippen LogP contribution in [0.25, 0.3) is 0 Å². The first-order chi connectivity index (χ1) is 17.6. The van der Waals surface area contributed by atoms with E-state index in [1.807, 2.05) is 13.1 Å². The zero-order valence-corrected chi connectivity index (χ0v) is 40.6. The van der Waals surface area contributed by atoms with Gasteiger partial charge >= 0.3 is 69.0 Å². The molecule has 0 atom stereocenters. The third kappa shape index (κ3) is 10.5. The van der Waals surface area contributed by atoms with Gasteiger partial charge in [-0.25, -0.2) is 0 Å². The summed E-state index contributed by atoms with van der Waals surface area (Å²) < 4.78 is 68.1. The Labute approximate surface area is 262 Å². The van der Waals surface area contributed by atoms with Crippen LogP contribution in [0.2, 0.25) is 131 Å². The molecule has 0 amide bonds. The van der Waals surface area contributed by atoms with Crippen LogP contribution >= 0.6 is 0 Å². The third-order valence-electron chi connectivity index (χ3n) is 7.58. The summed E-state index contributed by atoms with van der Waals surface area (Å²) in [5.74, 6) is 0. The standard InChI is InChI=1S/C20H60O10Si11/c1-31(2)21-33(5,6)25-40(19,26-34(7,8)22-31)29-37(13,14)39(17,18)38(15,16)30-41(20)27-35(9,10)23-32(3,4)24-36(11,12)28-41/h1-20H3. The molecule has 0 radical (unpaired) electrons. The Bertz CT molecular complexity index is 854. The molecule has 2 fully saturated rings. The quantitative estimate of drug-likeness (QED) is 0.269. The van der Waals surface area contributed by atoms with Crippen LogP contribution in [0.5, 0.6) is 0 Å². The summed E-state index contributed by atoms with van der Waals surface area (Å²) in [5, 5.41) is 0. The van der Waals surface area contributed by atoms with Crippen LogP contribution < -0.4 is 0 Å².